The maximum absolute atomic E-state index is 13.6. The molecule has 0 spiro atoms. The van der Waals surface area contributed by atoms with Crippen molar-refractivity contribution in [3.8, 4) is 0 Å². The van der Waals surface area contributed by atoms with E-state index < -0.39 is 50.6 Å². The van der Waals surface area contributed by atoms with Crippen molar-refractivity contribution >= 4 is 39.2 Å². The van der Waals surface area contributed by atoms with E-state index in [2.05, 4.69) is 9.82 Å². The minimum absolute atomic E-state index is 0.0198. The molecular formula is C18H10F5N3O3S2. The van der Waals surface area contributed by atoms with Crippen LogP contribution in [0.2, 0.25) is 0 Å². The second-order valence-electron chi connectivity index (χ2n) is 5.80. The van der Waals surface area contributed by atoms with Gasteiger partial charge in [0.05, 0.1) is 11.8 Å². The third kappa shape index (κ3) is 4.72. The number of thiophene rings is 1. The number of nitrogens with zero attached hydrogens (tertiary/aromatic N) is 1. The number of hydrazone groups is 1. The first-order valence-corrected chi connectivity index (χ1v) is 10.5. The van der Waals surface area contributed by atoms with Gasteiger partial charge in [-0.2, -0.15) is 5.10 Å². The molecule has 0 aliphatic carbocycles. The fraction of sp³-hybridized carbons (Fsp3) is 0. The number of benzene rings is 2. The van der Waals surface area contributed by atoms with Gasteiger partial charge in [-0.05, 0) is 35.7 Å². The van der Waals surface area contributed by atoms with Crippen molar-refractivity contribution in [2.75, 3.05) is 4.72 Å². The zero-order chi connectivity index (χ0) is 22.8. The van der Waals surface area contributed by atoms with Crippen molar-refractivity contribution < 1.29 is 35.2 Å². The van der Waals surface area contributed by atoms with Crippen molar-refractivity contribution in [2.24, 2.45) is 5.10 Å². The molecule has 0 radical (unpaired) electrons. The van der Waals surface area contributed by atoms with Crippen molar-refractivity contribution in [1.29, 1.82) is 0 Å². The van der Waals surface area contributed by atoms with E-state index in [-0.39, 0.29) is 21.7 Å². The van der Waals surface area contributed by atoms with Crippen molar-refractivity contribution in [3.63, 3.8) is 0 Å². The second kappa shape index (κ2) is 8.81. The first kappa shape index (κ1) is 22.4. The average Bonchev–Trinajstić information content (AvgIpc) is 3.29. The van der Waals surface area contributed by atoms with Gasteiger partial charge in [-0.3, -0.25) is 9.52 Å². The Hall–Kier alpha value is -3.32. The highest BCUT2D eigenvalue weighted by atomic mass is 32.2. The van der Waals surface area contributed by atoms with Crippen LogP contribution >= 0.6 is 11.3 Å². The molecule has 0 saturated carbocycles. The van der Waals surface area contributed by atoms with Gasteiger partial charge in [0.15, 0.2) is 23.3 Å². The minimum atomic E-state index is -3.78. The number of nitrogens with one attached hydrogen (secondary N) is 2. The molecule has 2 N–H and O–H groups in total. The number of rotatable bonds is 6. The number of hydrogen-bond acceptors (Lipinski definition) is 5. The lowest BCUT2D eigenvalue weighted by Gasteiger charge is -2.07. The number of anilines is 1. The van der Waals surface area contributed by atoms with Gasteiger partial charge in [0.25, 0.3) is 15.9 Å². The van der Waals surface area contributed by atoms with E-state index in [9.17, 15) is 35.2 Å². The largest absolute Gasteiger partial charge is 0.279 e. The van der Waals surface area contributed by atoms with E-state index in [1.54, 1.807) is 11.4 Å². The first-order chi connectivity index (χ1) is 14.6. The van der Waals surface area contributed by atoms with E-state index in [1.807, 2.05) is 5.43 Å². The van der Waals surface area contributed by atoms with Crippen molar-refractivity contribution in [1.82, 2.24) is 5.43 Å². The third-order valence-electron chi connectivity index (χ3n) is 3.76. The molecule has 1 aromatic heterocycles. The number of hydrogen-bond donors (Lipinski definition) is 2. The quantitative estimate of drug-likeness (QED) is 0.186. The summed E-state index contributed by atoms with van der Waals surface area (Å²) in [7, 11) is -3.78. The third-order valence-corrected chi connectivity index (χ3v) is 6.54. The highest BCUT2D eigenvalue weighted by Gasteiger charge is 2.24. The van der Waals surface area contributed by atoms with E-state index >= 15 is 0 Å². The molecule has 6 nitrogen and oxygen atoms in total. The predicted molar refractivity (Wildman–Crippen MR) is 103 cm³/mol. The maximum atomic E-state index is 13.6. The summed E-state index contributed by atoms with van der Waals surface area (Å²) in [6, 6.07) is 8.02. The Morgan fingerprint density at radius 2 is 1.48 bits per heavy atom. The summed E-state index contributed by atoms with van der Waals surface area (Å²) in [5.74, 6) is -11.7. The highest BCUT2D eigenvalue weighted by Crippen LogP contribution is 2.22. The first-order valence-electron chi connectivity index (χ1n) is 8.13. The molecule has 162 valence electrons. The Morgan fingerprint density at radius 3 is 2.03 bits per heavy atom. The van der Waals surface area contributed by atoms with Gasteiger partial charge < -0.3 is 0 Å². The number of carbonyl (C=O) groups is 1. The summed E-state index contributed by atoms with van der Waals surface area (Å²) in [5, 5.41) is 4.79. The molecule has 0 fully saturated rings. The molecule has 0 aliphatic heterocycles. The zero-order valence-electron chi connectivity index (χ0n) is 15.0. The fourth-order valence-corrected chi connectivity index (χ4v) is 4.32. The van der Waals surface area contributed by atoms with E-state index in [1.165, 1.54) is 30.3 Å². The van der Waals surface area contributed by atoms with Crippen LogP contribution in [0.15, 0.2) is 51.1 Å². The number of sulfonamides is 1. The number of carbonyl (C=O) groups excluding carboxylic acids is 1. The van der Waals surface area contributed by atoms with Crippen LogP contribution in [0.5, 0.6) is 0 Å². The van der Waals surface area contributed by atoms with Crippen LogP contribution in [-0.2, 0) is 10.0 Å². The SMILES string of the molecule is O=C(N/N=C/c1c(F)c(F)c(F)c(F)c1F)c1ccc(NS(=O)(=O)c2cccs2)cc1. The fourth-order valence-electron chi connectivity index (χ4n) is 2.27. The summed E-state index contributed by atoms with van der Waals surface area (Å²) in [5.41, 5.74) is 0.685. The van der Waals surface area contributed by atoms with Gasteiger partial charge in [0.1, 0.15) is 4.21 Å². The second-order valence-corrected chi connectivity index (χ2v) is 8.65. The van der Waals surface area contributed by atoms with Crippen LogP contribution in [0.1, 0.15) is 15.9 Å². The van der Waals surface area contributed by atoms with E-state index in [0.717, 1.165) is 11.3 Å². The normalized spacial score (nSPS) is 11.6. The molecule has 3 rings (SSSR count). The van der Waals surface area contributed by atoms with Gasteiger partial charge in [0, 0.05) is 11.3 Å². The lowest BCUT2D eigenvalue weighted by molar-refractivity contribution is 0.0955. The van der Waals surface area contributed by atoms with Crippen molar-refractivity contribution in [3.05, 3.63) is 82.0 Å². The van der Waals surface area contributed by atoms with Crippen LogP contribution in [0.3, 0.4) is 0 Å². The Balaban J connectivity index is 1.70. The summed E-state index contributed by atoms with van der Waals surface area (Å²) >= 11 is 1.02. The van der Waals surface area contributed by atoms with Gasteiger partial charge in [-0.1, -0.05) is 6.07 Å². The predicted octanol–water partition coefficient (Wildman–Crippen LogP) is 4.01. The molecule has 1 heterocycles. The van der Waals surface area contributed by atoms with Crippen LogP contribution in [-0.4, -0.2) is 20.5 Å². The topological polar surface area (TPSA) is 87.6 Å². The van der Waals surface area contributed by atoms with Gasteiger partial charge in [-0.15, -0.1) is 11.3 Å². The van der Waals surface area contributed by atoms with Crippen molar-refractivity contribution in [2.45, 2.75) is 4.21 Å². The van der Waals surface area contributed by atoms with E-state index in [4.69, 9.17) is 0 Å². The van der Waals surface area contributed by atoms with Gasteiger partial charge >= 0.3 is 0 Å². The van der Waals surface area contributed by atoms with Crippen LogP contribution in [0, 0.1) is 29.1 Å². The molecule has 0 atom stereocenters. The Kier molecular flexibility index (Phi) is 6.36. The maximum Gasteiger partial charge on any atom is 0.271 e. The summed E-state index contributed by atoms with van der Waals surface area (Å²) in [6.45, 7) is 0. The zero-order valence-corrected chi connectivity index (χ0v) is 16.6. The molecule has 0 unspecified atom stereocenters. The standard InChI is InChI=1S/C18H10F5N3O3S2/c19-13-11(14(20)16(22)17(23)15(13)21)8-24-25-18(27)9-3-5-10(6-4-9)26-31(28,29)12-2-1-7-30-12/h1-8,26H,(H,25,27)/b24-8+. The lowest BCUT2D eigenvalue weighted by Crippen LogP contribution is -2.18. The molecule has 3 aromatic rings. The molecule has 0 saturated heterocycles. The summed E-state index contributed by atoms with van der Waals surface area (Å²) < 4.78 is 93.1. The Bertz CT molecular complexity index is 1230. The molecule has 0 bridgehead atoms. The van der Waals surface area contributed by atoms with Gasteiger partial charge in [-0.25, -0.2) is 35.8 Å². The van der Waals surface area contributed by atoms with Crippen LogP contribution in [0.25, 0.3) is 0 Å². The molecule has 1 amide bonds. The smallest absolute Gasteiger partial charge is 0.271 e. The average molecular weight is 475 g/mol. The lowest BCUT2D eigenvalue weighted by atomic mass is 10.2. The summed E-state index contributed by atoms with van der Waals surface area (Å²) in [4.78, 5) is 12.0. The highest BCUT2D eigenvalue weighted by molar-refractivity contribution is 7.94. The molecule has 2 aromatic carbocycles. The number of amides is 1. The number of halogens is 5. The molecule has 0 aliphatic rings. The Labute approximate surface area is 176 Å². The van der Waals surface area contributed by atoms with Gasteiger partial charge in [0.2, 0.25) is 5.82 Å². The molecule has 13 heteroatoms. The van der Waals surface area contributed by atoms with Crippen LogP contribution < -0.4 is 10.1 Å². The minimum Gasteiger partial charge on any atom is -0.279 e. The summed E-state index contributed by atoms with van der Waals surface area (Å²) in [6.07, 6.45) is 0.275. The molecular weight excluding hydrogens is 465 g/mol. The Morgan fingerprint density at radius 1 is 0.903 bits per heavy atom. The molecule has 31 heavy (non-hydrogen) atoms. The van der Waals surface area contributed by atoms with E-state index in [0.29, 0.717) is 0 Å². The monoisotopic (exact) mass is 475 g/mol. The van der Waals surface area contributed by atoms with Crippen LogP contribution in [0.4, 0.5) is 27.6 Å².